The lowest BCUT2D eigenvalue weighted by atomic mass is 10.0. The summed E-state index contributed by atoms with van der Waals surface area (Å²) in [5, 5.41) is 27.7. The number of carboxylic acid groups (broad SMARTS) is 1. The summed E-state index contributed by atoms with van der Waals surface area (Å²) in [6.07, 6.45) is 2.98. The number of carboxylic acids is 1. The minimum absolute atomic E-state index is 0.110. The van der Waals surface area contributed by atoms with Crippen LogP contribution in [0.15, 0.2) is 34.1 Å². The van der Waals surface area contributed by atoms with E-state index in [1.54, 1.807) is 6.08 Å². The highest BCUT2D eigenvalue weighted by Crippen LogP contribution is 2.41. The van der Waals surface area contributed by atoms with Gasteiger partial charge in [-0.1, -0.05) is 16.8 Å². The highest BCUT2D eigenvalue weighted by molar-refractivity contribution is 8.00. The van der Waals surface area contributed by atoms with Crippen LogP contribution in [0.5, 0.6) is 0 Å². The van der Waals surface area contributed by atoms with Crippen molar-refractivity contribution in [2.75, 3.05) is 31.1 Å². The van der Waals surface area contributed by atoms with Gasteiger partial charge in [0.15, 0.2) is 5.71 Å². The molecule has 0 bridgehead atoms. The van der Waals surface area contributed by atoms with Crippen molar-refractivity contribution in [1.29, 1.82) is 0 Å². The topological polar surface area (TPSA) is 178 Å². The first-order valence-electron chi connectivity index (χ1n) is 11.4. The number of anilines is 1. The third kappa shape index (κ3) is 4.47. The molecule has 196 valence electrons. The minimum atomic E-state index is -1.30. The molecule has 0 aliphatic carbocycles. The first-order valence-corrected chi connectivity index (χ1v) is 13.7. The van der Waals surface area contributed by atoms with Crippen molar-refractivity contribution in [3.05, 3.63) is 38.9 Å². The number of likely N-dealkylation sites (tertiary alicyclic amines) is 1. The molecule has 3 amide bonds. The number of nitrogen functional groups attached to an aromatic ring is 1. The van der Waals surface area contributed by atoms with E-state index < -0.39 is 34.9 Å². The Kier molecular flexibility index (Phi) is 6.91. The Morgan fingerprint density at radius 2 is 2.14 bits per heavy atom. The fourth-order valence-corrected chi connectivity index (χ4v) is 7.33. The van der Waals surface area contributed by atoms with Gasteiger partial charge in [-0.15, -0.1) is 23.1 Å². The Bertz CT molecular complexity index is 1290. The van der Waals surface area contributed by atoms with E-state index >= 15 is 0 Å². The number of fused-ring (bicyclic) bond motifs is 1. The number of allylic oxidation sites excluding steroid dienone is 1. The summed E-state index contributed by atoms with van der Waals surface area (Å²) in [6.45, 7) is 2.17. The second kappa shape index (κ2) is 10.0. The van der Waals surface area contributed by atoms with Gasteiger partial charge < -0.3 is 31.6 Å². The van der Waals surface area contributed by atoms with Crippen molar-refractivity contribution in [3.63, 3.8) is 0 Å². The van der Waals surface area contributed by atoms with Crippen molar-refractivity contribution in [2.45, 2.75) is 30.3 Å². The average Bonchev–Trinajstić information content (AvgIpc) is 3.59. The average molecular weight is 567 g/mol. The molecule has 0 radical (unpaired) electrons. The lowest BCUT2D eigenvalue weighted by Gasteiger charge is -2.49. The van der Waals surface area contributed by atoms with Gasteiger partial charge in [0.25, 0.3) is 11.8 Å². The van der Waals surface area contributed by atoms with Gasteiger partial charge in [0, 0.05) is 36.0 Å². The molecule has 4 aliphatic heterocycles. The molecule has 4 aliphatic rings. The number of amides is 3. The van der Waals surface area contributed by atoms with E-state index in [4.69, 9.17) is 17.3 Å². The summed E-state index contributed by atoms with van der Waals surface area (Å²) < 4.78 is 0.145. The molecule has 1 aromatic heterocycles. The van der Waals surface area contributed by atoms with Crippen LogP contribution in [-0.4, -0.2) is 92.4 Å². The number of nitrogens with one attached hydrogen (secondary N) is 2. The van der Waals surface area contributed by atoms with Gasteiger partial charge in [0.05, 0.1) is 5.00 Å². The maximum atomic E-state index is 13.0. The number of hydrogen-bond acceptors (Lipinski definition) is 10. The molecule has 12 nitrogen and oxygen atoms in total. The fraction of sp³-hybridized carbons (Fsp3) is 0.409. The predicted octanol–water partition coefficient (Wildman–Crippen LogP) is 0.421. The van der Waals surface area contributed by atoms with Crippen LogP contribution >= 0.6 is 34.7 Å². The predicted molar refractivity (Wildman–Crippen MR) is 137 cm³/mol. The molecule has 0 aromatic carbocycles. The van der Waals surface area contributed by atoms with Gasteiger partial charge >= 0.3 is 5.97 Å². The van der Waals surface area contributed by atoms with Crippen LogP contribution in [-0.2, 0) is 19.2 Å². The number of nitrogens with zero attached hydrogens (tertiary/aromatic N) is 3. The Morgan fingerprint density at radius 1 is 1.35 bits per heavy atom. The van der Waals surface area contributed by atoms with Crippen LogP contribution in [0.25, 0.3) is 0 Å². The standard InChI is InChI=1S/C22H23ClN6O6S2/c23-17-12(6-13(24)37-17)14(27-35)18(30)26-15-20(32)29-16(22(33)34)10(8-36-21(15)29)5-9-2-4-28(19(9)31)11-1-3-25-7-11/h5-6,11,15,21,25,35H,1-4,7-8,24H2,(H,26,30)(H,33,34)/b9-5+,27-14+/t11?,15-,21-/m1/s1. The Balaban J connectivity index is 1.34. The molecule has 15 heteroatoms. The number of aliphatic carboxylic acids is 1. The smallest absolute Gasteiger partial charge is 0.352 e. The van der Waals surface area contributed by atoms with Gasteiger partial charge in [-0.3, -0.25) is 19.3 Å². The lowest BCUT2D eigenvalue weighted by molar-refractivity contribution is -0.150. The Morgan fingerprint density at radius 3 is 2.76 bits per heavy atom. The Hall–Kier alpha value is -3.07. The van der Waals surface area contributed by atoms with Crippen LogP contribution in [0.2, 0.25) is 4.34 Å². The summed E-state index contributed by atoms with van der Waals surface area (Å²) in [7, 11) is 0. The second-order valence-corrected chi connectivity index (χ2v) is 11.7. The zero-order valence-corrected chi connectivity index (χ0v) is 21.7. The third-order valence-corrected chi connectivity index (χ3v) is 9.23. The van der Waals surface area contributed by atoms with E-state index in [0.717, 1.165) is 35.7 Å². The number of halogens is 1. The van der Waals surface area contributed by atoms with Crippen LogP contribution in [0.3, 0.4) is 0 Å². The molecule has 3 saturated heterocycles. The monoisotopic (exact) mass is 566 g/mol. The van der Waals surface area contributed by atoms with E-state index in [9.17, 15) is 29.5 Å². The van der Waals surface area contributed by atoms with Crippen LogP contribution in [0.1, 0.15) is 18.4 Å². The van der Waals surface area contributed by atoms with Crippen molar-refractivity contribution < 1.29 is 29.5 Å². The number of rotatable bonds is 6. The van der Waals surface area contributed by atoms with Crippen LogP contribution in [0.4, 0.5) is 5.00 Å². The molecule has 37 heavy (non-hydrogen) atoms. The first kappa shape index (κ1) is 25.6. The lowest BCUT2D eigenvalue weighted by Crippen LogP contribution is -2.71. The minimum Gasteiger partial charge on any atom is -0.477 e. The number of thioether (sulfide) groups is 1. The number of oxime groups is 1. The summed E-state index contributed by atoms with van der Waals surface area (Å²) in [4.78, 5) is 53.8. The molecular formula is C22H23ClN6O6S2. The van der Waals surface area contributed by atoms with E-state index in [1.165, 1.54) is 17.8 Å². The summed E-state index contributed by atoms with van der Waals surface area (Å²) in [5.74, 6) is -2.65. The van der Waals surface area contributed by atoms with Gasteiger partial charge in [-0.2, -0.15) is 0 Å². The van der Waals surface area contributed by atoms with Crippen molar-refractivity contribution >= 4 is 69.1 Å². The van der Waals surface area contributed by atoms with Crippen molar-refractivity contribution in [3.8, 4) is 0 Å². The molecule has 0 saturated carbocycles. The molecular weight excluding hydrogens is 544 g/mol. The van der Waals surface area contributed by atoms with Gasteiger partial charge in [-0.25, -0.2) is 4.79 Å². The molecule has 6 N–H and O–H groups in total. The van der Waals surface area contributed by atoms with Crippen LogP contribution < -0.4 is 16.4 Å². The first-order chi connectivity index (χ1) is 17.7. The van der Waals surface area contributed by atoms with Crippen molar-refractivity contribution in [2.24, 2.45) is 5.16 Å². The van der Waals surface area contributed by atoms with E-state index in [0.29, 0.717) is 29.1 Å². The number of thiophene rings is 1. The van der Waals surface area contributed by atoms with E-state index in [2.05, 4.69) is 15.8 Å². The zero-order valence-electron chi connectivity index (χ0n) is 19.3. The van der Waals surface area contributed by atoms with E-state index in [-0.39, 0.29) is 33.3 Å². The summed E-state index contributed by atoms with van der Waals surface area (Å²) in [5.41, 5.74) is 6.09. The molecule has 1 unspecified atom stereocenters. The molecule has 3 atom stereocenters. The molecule has 5 heterocycles. The summed E-state index contributed by atoms with van der Waals surface area (Å²) in [6, 6.07) is 0.475. The fourth-order valence-electron chi connectivity index (χ4n) is 4.97. The van der Waals surface area contributed by atoms with Gasteiger partial charge in [0.2, 0.25) is 5.91 Å². The van der Waals surface area contributed by atoms with Gasteiger partial charge in [0.1, 0.15) is 21.4 Å². The quantitative estimate of drug-likeness (QED) is 0.107. The number of nitrogens with two attached hydrogens (primary N) is 1. The van der Waals surface area contributed by atoms with Gasteiger partial charge in [-0.05, 0) is 37.1 Å². The highest BCUT2D eigenvalue weighted by Gasteiger charge is 2.54. The summed E-state index contributed by atoms with van der Waals surface area (Å²) >= 11 is 8.33. The Labute approximate surface area is 224 Å². The number of carbonyl (C=O) groups is 4. The zero-order chi connectivity index (χ0) is 26.4. The molecule has 3 fully saturated rings. The third-order valence-electron chi connectivity index (χ3n) is 6.74. The molecule has 5 rings (SSSR count). The second-order valence-electron chi connectivity index (χ2n) is 8.89. The molecule has 1 aromatic rings. The SMILES string of the molecule is Nc1cc(/C(=N\O)C(=O)N[C@@H]2C(=O)N3C(C(=O)O)=C(/C=C4\CCN(C5CCNC5)C4=O)CS[C@H]23)c(Cl)s1. The maximum Gasteiger partial charge on any atom is 0.352 e. The number of β-lactam (4-membered cyclic amide) rings is 1. The highest BCUT2D eigenvalue weighted by atomic mass is 35.5. The van der Waals surface area contributed by atoms with Crippen molar-refractivity contribution in [1.82, 2.24) is 20.4 Å². The molecule has 0 spiro atoms. The number of hydrogen-bond donors (Lipinski definition) is 5. The van der Waals surface area contributed by atoms with Crippen LogP contribution in [0, 0.1) is 0 Å². The van der Waals surface area contributed by atoms with E-state index in [1.807, 2.05) is 4.90 Å². The maximum absolute atomic E-state index is 13.0. The normalized spacial score (nSPS) is 27.1. The number of carbonyl (C=O) groups excluding carboxylic acids is 3. The largest absolute Gasteiger partial charge is 0.477 e.